The van der Waals surface area contributed by atoms with Crippen LogP contribution in [0.25, 0.3) is 11.5 Å². The van der Waals surface area contributed by atoms with Crippen LogP contribution in [0.1, 0.15) is 82.6 Å². The summed E-state index contributed by atoms with van der Waals surface area (Å²) in [7, 11) is 3.75. The Kier molecular flexibility index (Phi) is 9.57. The number of carbonyl (C=O) groups is 1. The number of rotatable bonds is 6. The van der Waals surface area contributed by atoms with Crippen molar-refractivity contribution < 1.29 is 9.21 Å². The molecule has 0 spiro atoms. The number of aromatic nitrogens is 1. The van der Waals surface area contributed by atoms with Crippen molar-refractivity contribution in [2.24, 2.45) is 17.8 Å². The van der Waals surface area contributed by atoms with Gasteiger partial charge in [0.1, 0.15) is 5.76 Å². The van der Waals surface area contributed by atoms with Crippen LogP contribution < -0.4 is 5.32 Å². The minimum atomic E-state index is -0.00649. The number of hydrogen-bond acceptors (Lipinski definition) is 4. The van der Waals surface area contributed by atoms with E-state index in [1.807, 2.05) is 31.1 Å². The summed E-state index contributed by atoms with van der Waals surface area (Å²) in [6.07, 6.45) is 5.98. The second-order valence-electron chi connectivity index (χ2n) is 11.9. The first-order valence-electron chi connectivity index (χ1n) is 13.8. The molecule has 202 valence electrons. The number of piperidine rings is 1. The lowest BCUT2D eigenvalue weighted by Gasteiger charge is -2.29. The third-order valence-corrected chi connectivity index (χ3v) is 7.71. The largest absolute Gasteiger partial charge is 0.440 e. The molecule has 2 aliphatic rings. The van der Waals surface area contributed by atoms with Gasteiger partial charge in [0, 0.05) is 25.1 Å². The highest BCUT2D eigenvalue weighted by Gasteiger charge is 2.40. The summed E-state index contributed by atoms with van der Waals surface area (Å²) in [5.74, 6) is 2.88. The summed E-state index contributed by atoms with van der Waals surface area (Å²) in [5.41, 5.74) is 5.26. The molecule has 2 fully saturated rings. The van der Waals surface area contributed by atoms with Crippen molar-refractivity contribution in [3.63, 3.8) is 0 Å². The monoisotopic (exact) mass is 505 g/mol. The molecule has 2 aromatic rings. The zero-order valence-electron chi connectivity index (χ0n) is 24.3. The Balaban J connectivity index is 0.00000121. The first kappa shape index (κ1) is 28.9. The number of hydrogen-bond donors (Lipinski definition) is 1. The molecule has 1 aliphatic heterocycles. The molecule has 4 rings (SSSR count). The van der Waals surface area contributed by atoms with Crippen molar-refractivity contribution >= 4 is 5.91 Å². The van der Waals surface area contributed by atoms with Gasteiger partial charge in [-0.1, -0.05) is 63.6 Å². The van der Waals surface area contributed by atoms with Crippen LogP contribution in [0.3, 0.4) is 0 Å². The molecule has 1 amide bonds. The average molecular weight is 506 g/mol. The Morgan fingerprint density at radius 2 is 1.76 bits per heavy atom. The van der Waals surface area contributed by atoms with E-state index in [4.69, 9.17) is 9.40 Å². The van der Waals surface area contributed by atoms with Gasteiger partial charge < -0.3 is 14.6 Å². The highest BCUT2D eigenvalue weighted by Crippen LogP contribution is 2.49. The Bertz CT molecular complexity index is 1100. The highest BCUT2D eigenvalue weighted by atomic mass is 16.4. The number of amides is 1. The van der Waals surface area contributed by atoms with Crippen molar-refractivity contribution in [1.29, 1.82) is 0 Å². The van der Waals surface area contributed by atoms with Crippen molar-refractivity contribution in [3.8, 4) is 11.5 Å². The Morgan fingerprint density at radius 1 is 1.16 bits per heavy atom. The third-order valence-electron chi connectivity index (χ3n) is 7.71. The Hall–Kier alpha value is -2.66. The first-order valence-corrected chi connectivity index (χ1v) is 13.8. The smallest absolute Gasteiger partial charge is 0.276 e. The fourth-order valence-corrected chi connectivity index (χ4v) is 4.94. The van der Waals surface area contributed by atoms with Gasteiger partial charge in [-0.15, -0.1) is 0 Å². The molecule has 1 aromatic heterocycles. The number of allylic oxidation sites excluding steroid dienone is 3. The van der Waals surface area contributed by atoms with Gasteiger partial charge in [0.25, 0.3) is 5.91 Å². The number of oxazole rings is 1. The van der Waals surface area contributed by atoms with E-state index in [-0.39, 0.29) is 11.3 Å². The molecule has 1 aliphatic carbocycles. The number of nitrogens with zero attached hydrogens (tertiary/aromatic N) is 2. The van der Waals surface area contributed by atoms with Crippen LogP contribution in [0.4, 0.5) is 0 Å². The van der Waals surface area contributed by atoms with E-state index in [1.165, 1.54) is 11.1 Å². The molecule has 2 atom stereocenters. The molecule has 2 heterocycles. The van der Waals surface area contributed by atoms with E-state index < -0.39 is 0 Å². The molecule has 0 radical (unpaired) electrons. The average Bonchev–Trinajstić information content (AvgIpc) is 3.57. The third kappa shape index (κ3) is 7.22. The van der Waals surface area contributed by atoms with Crippen LogP contribution in [-0.4, -0.2) is 43.0 Å². The molecule has 37 heavy (non-hydrogen) atoms. The van der Waals surface area contributed by atoms with E-state index in [2.05, 4.69) is 71.6 Å². The minimum absolute atomic E-state index is 0.00649. The van der Waals surface area contributed by atoms with Crippen LogP contribution in [0.5, 0.6) is 0 Å². The maximum atomic E-state index is 13.5. The molecule has 1 N–H and O–H groups in total. The van der Waals surface area contributed by atoms with Crippen molar-refractivity contribution in [2.45, 2.75) is 72.6 Å². The van der Waals surface area contributed by atoms with Crippen molar-refractivity contribution in [1.82, 2.24) is 15.2 Å². The molecule has 1 saturated carbocycles. The fourth-order valence-electron chi connectivity index (χ4n) is 4.94. The topological polar surface area (TPSA) is 58.4 Å². The Morgan fingerprint density at radius 3 is 2.30 bits per heavy atom. The summed E-state index contributed by atoms with van der Waals surface area (Å²) >= 11 is 0. The zero-order valence-corrected chi connectivity index (χ0v) is 24.3. The summed E-state index contributed by atoms with van der Waals surface area (Å²) < 4.78 is 6.30. The summed E-state index contributed by atoms with van der Waals surface area (Å²) in [6, 6.07) is 8.35. The summed E-state index contributed by atoms with van der Waals surface area (Å²) in [4.78, 5) is 20.2. The van der Waals surface area contributed by atoms with Crippen molar-refractivity contribution in [2.75, 3.05) is 27.2 Å². The number of likely N-dealkylation sites (tertiary alicyclic amines) is 1. The lowest BCUT2D eigenvalue weighted by atomic mass is 9.87. The molecular weight excluding hydrogens is 458 g/mol. The standard InChI is InChI=1S/C30H40N2O2.C2H7N/c1-8-20(3)24-18-25(24)21(4)17-26-27(29(33)32-15-13-19(2)14-16-32)31-28(34-26)22-9-11-23(12-10-22)30(5,6)7;1-3-2/h8-12,19,24-25H,4,13-18H2,1-3,5-7H3;3H,1-2H3/b20-8-;. The van der Waals surface area contributed by atoms with Gasteiger partial charge in [-0.05, 0) is 88.1 Å². The maximum absolute atomic E-state index is 13.5. The molecule has 0 bridgehead atoms. The maximum Gasteiger partial charge on any atom is 0.276 e. The van der Waals surface area contributed by atoms with Crippen LogP contribution in [0.2, 0.25) is 0 Å². The quantitative estimate of drug-likeness (QED) is 0.428. The molecule has 5 nitrogen and oxygen atoms in total. The predicted molar refractivity (Wildman–Crippen MR) is 154 cm³/mol. The summed E-state index contributed by atoms with van der Waals surface area (Å²) in [5, 5.41) is 2.75. The molecule has 2 unspecified atom stereocenters. The van der Waals surface area contributed by atoms with Gasteiger partial charge in [0.05, 0.1) is 0 Å². The van der Waals surface area contributed by atoms with E-state index in [1.54, 1.807) is 0 Å². The Labute approximate surface area is 224 Å². The zero-order chi connectivity index (χ0) is 27.3. The number of carbonyl (C=O) groups excluding carboxylic acids is 1. The van der Waals surface area contributed by atoms with Crippen LogP contribution in [-0.2, 0) is 11.8 Å². The van der Waals surface area contributed by atoms with Crippen LogP contribution in [0, 0.1) is 17.8 Å². The molecule has 1 aromatic carbocycles. The van der Waals surface area contributed by atoms with Crippen LogP contribution >= 0.6 is 0 Å². The van der Waals surface area contributed by atoms with E-state index in [0.29, 0.717) is 41.5 Å². The first-order chi connectivity index (χ1) is 17.5. The normalized spacial score (nSPS) is 20.3. The highest BCUT2D eigenvalue weighted by molar-refractivity contribution is 5.94. The minimum Gasteiger partial charge on any atom is -0.440 e. The molecular formula is C32H47N3O2. The SMILES string of the molecule is C=C(Cc1oc(-c2ccc(C(C)(C)C)cc2)nc1C(=O)N1CCC(C)CC1)C1CC1/C(C)=C\C.CNC. The van der Waals surface area contributed by atoms with E-state index in [9.17, 15) is 4.79 Å². The predicted octanol–water partition coefficient (Wildman–Crippen LogP) is 7.05. The molecule has 1 saturated heterocycles. The lowest BCUT2D eigenvalue weighted by molar-refractivity contribution is 0.0690. The van der Waals surface area contributed by atoms with Gasteiger partial charge in [-0.25, -0.2) is 4.98 Å². The summed E-state index contributed by atoms with van der Waals surface area (Å²) in [6.45, 7) is 19.1. The van der Waals surface area contributed by atoms with E-state index in [0.717, 1.165) is 43.5 Å². The van der Waals surface area contributed by atoms with E-state index >= 15 is 0 Å². The van der Waals surface area contributed by atoms with Gasteiger partial charge in [0.2, 0.25) is 5.89 Å². The number of nitrogens with one attached hydrogen (secondary N) is 1. The van der Waals surface area contributed by atoms with Gasteiger partial charge in [-0.2, -0.15) is 0 Å². The molecule has 5 heteroatoms. The number of benzene rings is 1. The lowest BCUT2D eigenvalue weighted by Crippen LogP contribution is -2.38. The van der Waals surface area contributed by atoms with Gasteiger partial charge >= 0.3 is 0 Å². The van der Waals surface area contributed by atoms with Crippen molar-refractivity contribution in [3.05, 3.63) is 65.1 Å². The van der Waals surface area contributed by atoms with Gasteiger partial charge in [-0.3, -0.25) is 4.79 Å². The van der Waals surface area contributed by atoms with Gasteiger partial charge in [0.15, 0.2) is 5.69 Å². The second-order valence-corrected chi connectivity index (χ2v) is 11.9. The second kappa shape index (κ2) is 12.3. The van der Waals surface area contributed by atoms with Crippen LogP contribution in [0.15, 0.2) is 52.5 Å². The fraction of sp³-hybridized carbons (Fsp3) is 0.562.